The first-order valence-electron chi connectivity index (χ1n) is 6.04. The molecule has 0 aliphatic carbocycles. The van der Waals surface area contributed by atoms with Gasteiger partial charge >= 0.3 is 0 Å². The first kappa shape index (κ1) is 12.3. The zero-order valence-electron chi connectivity index (χ0n) is 10.1. The van der Waals surface area contributed by atoms with Crippen molar-refractivity contribution in [3.05, 3.63) is 21.9 Å². The average molecular weight is 251 g/mol. The number of amides is 1. The van der Waals surface area contributed by atoms with Gasteiger partial charge in [-0.25, -0.2) is 0 Å². The van der Waals surface area contributed by atoms with Crippen LogP contribution in [0, 0.1) is 0 Å². The highest BCUT2D eigenvalue weighted by molar-refractivity contribution is 7.14. The third-order valence-corrected chi connectivity index (χ3v) is 4.12. The molecule has 1 amide bonds. The summed E-state index contributed by atoms with van der Waals surface area (Å²) in [5.41, 5.74) is 0. The lowest BCUT2D eigenvalue weighted by molar-refractivity contribution is -0.116. The highest BCUT2D eigenvalue weighted by Gasteiger charge is 2.20. The summed E-state index contributed by atoms with van der Waals surface area (Å²) in [6, 6.07) is 3.86. The van der Waals surface area contributed by atoms with Gasteiger partial charge in [-0.2, -0.15) is 0 Å². The van der Waals surface area contributed by atoms with Crippen LogP contribution in [0.2, 0.25) is 0 Å². The van der Waals surface area contributed by atoms with Crippen LogP contribution in [0.25, 0.3) is 0 Å². The van der Waals surface area contributed by atoms with Crippen LogP contribution < -0.4 is 0 Å². The van der Waals surface area contributed by atoms with Crippen LogP contribution in [0.5, 0.6) is 0 Å². The Morgan fingerprint density at radius 1 is 1.29 bits per heavy atom. The second-order valence-electron chi connectivity index (χ2n) is 4.47. The van der Waals surface area contributed by atoms with Gasteiger partial charge in [0, 0.05) is 24.4 Å². The minimum atomic E-state index is 0.154. The number of aryl methyl sites for hydroxylation is 1. The summed E-state index contributed by atoms with van der Waals surface area (Å²) in [6.07, 6.45) is 3.56. The molecule has 4 heteroatoms. The number of rotatable bonds is 4. The number of likely N-dealkylation sites (tertiary alicyclic amines) is 1. The standard InChI is InChI=1S/C13H17NO2S/c1-10(15)4-5-11-6-7-12(17-11)13(16)14-8-2-3-9-14/h6-7H,2-5,8-9H2,1H3. The molecule has 0 radical (unpaired) electrons. The van der Waals surface area contributed by atoms with Crippen LogP contribution in [0.4, 0.5) is 0 Å². The van der Waals surface area contributed by atoms with Gasteiger partial charge in [0.05, 0.1) is 4.88 Å². The van der Waals surface area contributed by atoms with Gasteiger partial charge < -0.3 is 9.69 Å². The SMILES string of the molecule is CC(=O)CCc1ccc(C(=O)N2CCCC2)s1. The predicted molar refractivity (Wildman–Crippen MR) is 68.5 cm³/mol. The van der Waals surface area contributed by atoms with E-state index in [1.54, 1.807) is 6.92 Å². The summed E-state index contributed by atoms with van der Waals surface area (Å²) in [5, 5.41) is 0. The summed E-state index contributed by atoms with van der Waals surface area (Å²) in [7, 11) is 0. The predicted octanol–water partition coefficient (Wildman–Crippen LogP) is 2.51. The Morgan fingerprint density at radius 3 is 2.65 bits per heavy atom. The Bertz CT molecular complexity index is 419. The molecule has 0 bridgehead atoms. The number of carbonyl (C=O) groups excluding carboxylic acids is 2. The Morgan fingerprint density at radius 2 is 2.00 bits per heavy atom. The lowest BCUT2D eigenvalue weighted by atomic mass is 10.2. The molecule has 1 saturated heterocycles. The van der Waals surface area contributed by atoms with Gasteiger partial charge in [-0.05, 0) is 38.3 Å². The molecule has 17 heavy (non-hydrogen) atoms. The van der Waals surface area contributed by atoms with E-state index in [-0.39, 0.29) is 11.7 Å². The molecular weight excluding hydrogens is 234 g/mol. The molecule has 0 unspecified atom stereocenters. The smallest absolute Gasteiger partial charge is 0.263 e. The van der Waals surface area contributed by atoms with Crippen LogP contribution in [-0.2, 0) is 11.2 Å². The molecule has 0 atom stereocenters. The summed E-state index contributed by atoms with van der Waals surface area (Å²) in [4.78, 5) is 26.8. The molecule has 2 heterocycles. The monoisotopic (exact) mass is 251 g/mol. The minimum absolute atomic E-state index is 0.154. The highest BCUT2D eigenvalue weighted by Crippen LogP contribution is 2.21. The Balaban J connectivity index is 1.97. The topological polar surface area (TPSA) is 37.4 Å². The third-order valence-electron chi connectivity index (χ3n) is 2.99. The van der Waals surface area contributed by atoms with Gasteiger partial charge in [0.2, 0.25) is 0 Å². The first-order chi connectivity index (χ1) is 8.16. The summed E-state index contributed by atoms with van der Waals surface area (Å²) in [6.45, 7) is 3.38. The zero-order chi connectivity index (χ0) is 12.3. The number of thiophene rings is 1. The van der Waals surface area contributed by atoms with E-state index in [0.29, 0.717) is 6.42 Å². The lowest BCUT2D eigenvalue weighted by Gasteiger charge is -2.13. The Hall–Kier alpha value is -1.16. The number of carbonyl (C=O) groups is 2. The number of hydrogen-bond acceptors (Lipinski definition) is 3. The van der Waals surface area contributed by atoms with Crippen molar-refractivity contribution in [1.29, 1.82) is 0 Å². The van der Waals surface area contributed by atoms with Crippen molar-refractivity contribution >= 4 is 23.0 Å². The number of ketones is 1. The van der Waals surface area contributed by atoms with Gasteiger partial charge in [0.15, 0.2) is 0 Å². The number of nitrogens with zero attached hydrogens (tertiary/aromatic N) is 1. The second kappa shape index (κ2) is 5.45. The normalized spacial score (nSPS) is 15.2. The molecule has 92 valence electrons. The molecule has 1 aliphatic heterocycles. The largest absolute Gasteiger partial charge is 0.338 e. The number of hydrogen-bond donors (Lipinski definition) is 0. The van der Waals surface area contributed by atoms with Crippen LogP contribution in [0.1, 0.15) is 40.7 Å². The fraction of sp³-hybridized carbons (Fsp3) is 0.538. The number of Topliss-reactive ketones (excluding diaryl/α,β-unsaturated/α-hetero) is 1. The second-order valence-corrected chi connectivity index (χ2v) is 5.64. The van der Waals surface area contributed by atoms with Gasteiger partial charge in [-0.3, -0.25) is 4.79 Å². The molecule has 0 aromatic carbocycles. The van der Waals surface area contributed by atoms with E-state index in [4.69, 9.17) is 0 Å². The van der Waals surface area contributed by atoms with E-state index in [1.807, 2.05) is 17.0 Å². The third kappa shape index (κ3) is 3.16. The van der Waals surface area contributed by atoms with E-state index in [9.17, 15) is 9.59 Å². The van der Waals surface area contributed by atoms with Crippen LogP contribution >= 0.6 is 11.3 Å². The summed E-state index contributed by atoms with van der Waals surface area (Å²) < 4.78 is 0. The molecule has 1 fully saturated rings. The maximum Gasteiger partial charge on any atom is 0.263 e. The zero-order valence-corrected chi connectivity index (χ0v) is 10.9. The fourth-order valence-electron chi connectivity index (χ4n) is 2.00. The van der Waals surface area contributed by atoms with Crippen molar-refractivity contribution in [1.82, 2.24) is 4.90 Å². The van der Waals surface area contributed by atoms with Crippen molar-refractivity contribution in [3.8, 4) is 0 Å². The van der Waals surface area contributed by atoms with Crippen molar-refractivity contribution in [2.75, 3.05) is 13.1 Å². The van der Waals surface area contributed by atoms with Crippen LogP contribution in [-0.4, -0.2) is 29.7 Å². The quantitative estimate of drug-likeness (QED) is 0.824. The van der Waals surface area contributed by atoms with E-state index < -0.39 is 0 Å². The minimum Gasteiger partial charge on any atom is -0.338 e. The summed E-state index contributed by atoms with van der Waals surface area (Å²) >= 11 is 1.53. The van der Waals surface area contributed by atoms with Crippen molar-refractivity contribution in [2.24, 2.45) is 0 Å². The van der Waals surface area contributed by atoms with Gasteiger partial charge in [-0.1, -0.05) is 0 Å². The Labute approximate surface area is 105 Å². The Kier molecular flexibility index (Phi) is 3.94. The fourth-order valence-corrected chi connectivity index (χ4v) is 2.98. The van der Waals surface area contributed by atoms with E-state index in [2.05, 4.69) is 0 Å². The highest BCUT2D eigenvalue weighted by atomic mass is 32.1. The lowest BCUT2D eigenvalue weighted by Crippen LogP contribution is -2.26. The molecule has 1 aromatic heterocycles. The van der Waals surface area contributed by atoms with Crippen molar-refractivity contribution in [2.45, 2.75) is 32.6 Å². The molecule has 0 N–H and O–H groups in total. The van der Waals surface area contributed by atoms with Gasteiger partial charge in [0.25, 0.3) is 5.91 Å². The molecule has 1 aliphatic rings. The molecular formula is C13H17NO2S. The molecule has 3 nitrogen and oxygen atoms in total. The van der Waals surface area contributed by atoms with E-state index in [0.717, 1.165) is 42.1 Å². The van der Waals surface area contributed by atoms with Crippen molar-refractivity contribution < 1.29 is 9.59 Å². The van der Waals surface area contributed by atoms with Gasteiger partial charge in [0.1, 0.15) is 5.78 Å². The average Bonchev–Trinajstić information content (AvgIpc) is 2.97. The first-order valence-corrected chi connectivity index (χ1v) is 6.86. The van der Waals surface area contributed by atoms with E-state index >= 15 is 0 Å². The maximum absolute atomic E-state index is 12.1. The van der Waals surface area contributed by atoms with Gasteiger partial charge in [-0.15, -0.1) is 11.3 Å². The van der Waals surface area contributed by atoms with E-state index in [1.165, 1.54) is 11.3 Å². The van der Waals surface area contributed by atoms with Crippen molar-refractivity contribution in [3.63, 3.8) is 0 Å². The maximum atomic E-state index is 12.1. The molecule has 1 aromatic rings. The van der Waals surface area contributed by atoms with Crippen LogP contribution in [0.15, 0.2) is 12.1 Å². The molecule has 0 spiro atoms. The summed E-state index contributed by atoms with van der Waals surface area (Å²) in [5.74, 6) is 0.354. The molecule has 0 saturated carbocycles. The molecule has 2 rings (SSSR count). The van der Waals surface area contributed by atoms with Crippen LogP contribution in [0.3, 0.4) is 0 Å².